The molecule has 37 heavy (non-hydrogen) atoms. The van der Waals surface area contributed by atoms with E-state index in [0.29, 0.717) is 28.1 Å². The summed E-state index contributed by atoms with van der Waals surface area (Å²) in [5.41, 5.74) is 0.464. The summed E-state index contributed by atoms with van der Waals surface area (Å²) in [6.45, 7) is 0.798. The van der Waals surface area contributed by atoms with Crippen molar-refractivity contribution < 1.29 is 23.5 Å². The molecule has 1 atom stereocenters. The predicted octanol–water partition coefficient (Wildman–Crippen LogP) is 4.05. The lowest BCUT2D eigenvalue weighted by Crippen LogP contribution is -2.61. The topological polar surface area (TPSA) is 91.0 Å². The maximum absolute atomic E-state index is 15.1. The van der Waals surface area contributed by atoms with Gasteiger partial charge in [-0.1, -0.05) is 24.4 Å². The minimum Gasteiger partial charge on any atom is -0.370 e. The zero-order valence-corrected chi connectivity index (χ0v) is 22.0. The Labute approximate surface area is 224 Å². The van der Waals surface area contributed by atoms with Gasteiger partial charge in [0.15, 0.2) is 0 Å². The van der Waals surface area contributed by atoms with Crippen LogP contribution in [0.4, 0.5) is 15.8 Å². The number of nitrogens with zero attached hydrogens (tertiary/aromatic N) is 2. The second-order valence-electron chi connectivity index (χ2n) is 9.70. The Hall–Kier alpha value is -2.53. The highest BCUT2D eigenvalue weighted by Gasteiger charge is 2.41. The fourth-order valence-electron chi connectivity index (χ4n) is 5.00. The molecule has 8 nitrogen and oxygen atoms in total. The van der Waals surface area contributed by atoms with E-state index in [-0.39, 0.29) is 48.6 Å². The number of ether oxygens (including phenoxy) is 1. The number of rotatable bonds is 9. The third kappa shape index (κ3) is 5.82. The SMILES string of the molecule is O=C(NC[C@H](C(=O)Nc1ccc(N2CCOCC2=O)cc1F)N(C1CCC1)C1CCC1)c1ccc(Cl)s1. The fraction of sp³-hybridized carbons (Fsp3) is 0.500. The van der Waals surface area contributed by atoms with Crippen molar-refractivity contribution in [3.63, 3.8) is 0 Å². The average molecular weight is 549 g/mol. The number of nitrogens with one attached hydrogen (secondary N) is 2. The van der Waals surface area contributed by atoms with Gasteiger partial charge in [0.05, 0.1) is 21.5 Å². The molecule has 5 rings (SSSR count). The minimum absolute atomic E-state index is 0.0383. The van der Waals surface area contributed by atoms with Crippen LogP contribution >= 0.6 is 22.9 Å². The van der Waals surface area contributed by atoms with Gasteiger partial charge in [-0.05, 0) is 56.0 Å². The number of thiophene rings is 1. The number of carbonyl (C=O) groups excluding carboxylic acids is 3. The molecule has 2 aliphatic carbocycles. The van der Waals surface area contributed by atoms with Gasteiger partial charge < -0.3 is 20.3 Å². The highest BCUT2D eigenvalue weighted by Crippen LogP contribution is 2.36. The largest absolute Gasteiger partial charge is 0.370 e. The van der Waals surface area contributed by atoms with Crippen molar-refractivity contribution in [2.24, 2.45) is 0 Å². The molecule has 3 fully saturated rings. The van der Waals surface area contributed by atoms with E-state index in [0.717, 1.165) is 38.5 Å². The lowest BCUT2D eigenvalue weighted by Gasteiger charge is -2.49. The molecule has 2 heterocycles. The van der Waals surface area contributed by atoms with Crippen LogP contribution in [-0.2, 0) is 14.3 Å². The number of amides is 3. The molecule has 11 heteroatoms. The lowest BCUT2D eigenvalue weighted by atomic mass is 9.83. The van der Waals surface area contributed by atoms with E-state index in [1.807, 2.05) is 0 Å². The zero-order valence-electron chi connectivity index (χ0n) is 20.4. The van der Waals surface area contributed by atoms with Crippen LogP contribution in [0.15, 0.2) is 30.3 Å². The fourth-order valence-corrected chi connectivity index (χ4v) is 5.96. The van der Waals surface area contributed by atoms with Gasteiger partial charge in [0, 0.05) is 30.9 Å². The molecular weight excluding hydrogens is 519 g/mol. The first-order valence-electron chi connectivity index (χ1n) is 12.7. The molecule has 0 radical (unpaired) electrons. The van der Waals surface area contributed by atoms with E-state index >= 15 is 4.39 Å². The summed E-state index contributed by atoms with van der Waals surface area (Å²) < 4.78 is 20.7. The number of benzene rings is 1. The van der Waals surface area contributed by atoms with Gasteiger partial charge in [-0.15, -0.1) is 11.3 Å². The maximum atomic E-state index is 15.1. The molecule has 2 saturated carbocycles. The summed E-state index contributed by atoms with van der Waals surface area (Å²) in [6.07, 6.45) is 6.24. The molecule has 3 aliphatic rings. The van der Waals surface area contributed by atoms with Crippen molar-refractivity contribution in [3.05, 3.63) is 45.4 Å². The van der Waals surface area contributed by atoms with E-state index in [1.165, 1.54) is 28.4 Å². The van der Waals surface area contributed by atoms with Crippen LogP contribution in [0.3, 0.4) is 0 Å². The van der Waals surface area contributed by atoms with E-state index < -0.39 is 11.9 Å². The van der Waals surface area contributed by atoms with Crippen molar-refractivity contribution in [1.29, 1.82) is 0 Å². The Morgan fingerprint density at radius 3 is 2.46 bits per heavy atom. The Balaban J connectivity index is 1.33. The van der Waals surface area contributed by atoms with Gasteiger partial charge in [-0.3, -0.25) is 19.3 Å². The first kappa shape index (κ1) is 26.1. The second kappa shape index (κ2) is 11.5. The van der Waals surface area contributed by atoms with Gasteiger partial charge in [-0.2, -0.15) is 0 Å². The lowest BCUT2D eigenvalue weighted by molar-refractivity contribution is -0.126. The standard InChI is InChI=1S/C26H30ClFN4O4S/c27-23-10-9-22(37-23)26(35)29-14-21(32(16-3-1-4-16)17-5-2-6-17)25(34)30-20-8-7-18(13-19(20)28)31-11-12-36-15-24(31)33/h7-10,13,16-17,21H,1-6,11-12,14-15H2,(H,29,35)(H,30,34)/t21-/m1/s1. The molecule has 1 aromatic carbocycles. The van der Waals surface area contributed by atoms with Crippen LogP contribution in [0.25, 0.3) is 0 Å². The first-order chi connectivity index (χ1) is 17.9. The smallest absolute Gasteiger partial charge is 0.261 e. The number of carbonyl (C=O) groups is 3. The average Bonchev–Trinajstić information content (AvgIpc) is 3.25. The molecule has 0 bridgehead atoms. The third-order valence-corrected chi connectivity index (χ3v) is 8.65. The van der Waals surface area contributed by atoms with E-state index in [2.05, 4.69) is 15.5 Å². The maximum Gasteiger partial charge on any atom is 0.261 e. The molecule has 1 aromatic heterocycles. The third-order valence-electron chi connectivity index (χ3n) is 7.42. The number of morpholine rings is 1. The minimum atomic E-state index is -0.644. The molecule has 1 saturated heterocycles. The van der Waals surface area contributed by atoms with Crippen LogP contribution in [0.2, 0.25) is 4.34 Å². The summed E-state index contributed by atoms with van der Waals surface area (Å²) in [7, 11) is 0. The molecule has 2 N–H and O–H groups in total. The van der Waals surface area contributed by atoms with Crippen LogP contribution in [-0.4, -0.2) is 67.1 Å². The molecule has 0 unspecified atom stereocenters. The molecule has 1 aliphatic heterocycles. The quantitative estimate of drug-likeness (QED) is 0.493. The number of anilines is 2. The Morgan fingerprint density at radius 1 is 1.16 bits per heavy atom. The van der Waals surface area contributed by atoms with E-state index in [4.69, 9.17) is 16.3 Å². The highest BCUT2D eigenvalue weighted by atomic mass is 35.5. The van der Waals surface area contributed by atoms with Crippen LogP contribution < -0.4 is 15.5 Å². The molecule has 0 spiro atoms. The first-order valence-corrected chi connectivity index (χ1v) is 13.9. The zero-order chi connectivity index (χ0) is 25.9. The predicted molar refractivity (Wildman–Crippen MR) is 141 cm³/mol. The van der Waals surface area contributed by atoms with Crippen molar-refractivity contribution in [1.82, 2.24) is 10.2 Å². The highest BCUT2D eigenvalue weighted by molar-refractivity contribution is 7.18. The number of halogens is 2. The van der Waals surface area contributed by atoms with Gasteiger partial charge in [0.25, 0.3) is 11.8 Å². The van der Waals surface area contributed by atoms with Crippen molar-refractivity contribution in [2.45, 2.75) is 56.7 Å². The summed E-state index contributed by atoms with van der Waals surface area (Å²) in [4.78, 5) is 42.7. The molecule has 2 aromatic rings. The van der Waals surface area contributed by atoms with Gasteiger partial charge in [-0.25, -0.2) is 4.39 Å². The number of hydrogen-bond donors (Lipinski definition) is 2. The summed E-state index contributed by atoms with van der Waals surface area (Å²) in [5.74, 6) is -1.51. The Morgan fingerprint density at radius 2 is 1.89 bits per heavy atom. The normalized spacial score (nSPS) is 19.3. The van der Waals surface area contributed by atoms with Gasteiger partial charge in [0.1, 0.15) is 18.5 Å². The van der Waals surface area contributed by atoms with Gasteiger partial charge in [0.2, 0.25) is 5.91 Å². The van der Waals surface area contributed by atoms with Crippen molar-refractivity contribution in [2.75, 3.05) is 36.5 Å². The van der Waals surface area contributed by atoms with Crippen molar-refractivity contribution >= 4 is 52.0 Å². The summed E-state index contributed by atoms with van der Waals surface area (Å²) in [6, 6.07) is 7.57. The second-order valence-corrected chi connectivity index (χ2v) is 11.4. The van der Waals surface area contributed by atoms with Crippen LogP contribution in [0, 0.1) is 5.82 Å². The Bertz CT molecular complexity index is 1160. The van der Waals surface area contributed by atoms with Crippen LogP contribution in [0.1, 0.15) is 48.2 Å². The van der Waals surface area contributed by atoms with Crippen molar-refractivity contribution in [3.8, 4) is 0 Å². The number of hydrogen-bond acceptors (Lipinski definition) is 6. The van der Waals surface area contributed by atoms with E-state index in [1.54, 1.807) is 18.2 Å². The van der Waals surface area contributed by atoms with Crippen LogP contribution in [0.5, 0.6) is 0 Å². The Kier molecular flexibility index (Phi) is 8.09. The molecule has 198 valence electrons. The van der Waals surface area contributed by atoms with E-state index in [9.17, 15) is 14.4 Å². The molecular formula is C26H30ClFN4O4S. The molecule has 3 amide bonds. The monoisotopic (exact) mass is 548 g/mol. The summed E-state index contributed by atoms with van der Waals surface area (Å²) in [5, 5.41) is 5.65. The van der Waals surface area contributed by atoms with Gasteiger partial charge >= 0.3 is 0 Å². The summed E-state index contributed by atoms with van der Waals surface area (Å²) >= 11 is 7.16.